The minimum Gasteiger partial charge on any atom is -0.299 e. The summed E-state index contributed by atoms with van der Waals surface area (Å²) < 4.78 is 0. The van der Waals surface area contributed by atoms with E-state index >= 15 is 0 Å². The number of benzene rings is 3. The lowest BCUT2D eigenvalue weighted by atomic mass is 9.37. The standard InChI is InChI=1S/C23H22BN/c1-25(2)18-10-12-20-11-9-17-23(19-20)24(21-13-5-3-6-14-21)22-15-7-4-8-16-22/h3-9,11,13-17,19H,18H2,1-2H3. The normalized spacial score (nSPS) is 10.2. The maximum atomic E-state index is 3.28. The number of rotatable bonds is 4. The van der Waals surface area contributed by atoms with Crippen LogP contribution in [0.1, 0.15) is 5.56 Å². The molecule has 0 amide bonds. The lowest BCUT2D eigenvalue weighted by Crippen LogP contribution is -2.51. The zero-order chi connectivity index (χ0) is 17.5. The SMILES string of the molecule is CN(C)CC#Cc1cccc(B(c2ccccc2)c2ccccc2)c1. The Balaban J connectivity index is 2.01. The molecule has 0 bridgehead atoms. The molecule has 3 aromatic rings. The molecule has 0 N–H and O–H groups in total. The first-order chi connectivity index (χ1) is 12.2. The van der Waals surface area contributed by atoms with Crippen LogP contribution in [-0.2, 0) is 0 Å². The van der Waals surface area contributed by atoms with Crippen LogP contribution in [0, 0.1) is 11.8 Å². The molecule has 0 spiro atoms. The van der Waals surface area contributed by atoms with E-state index in [0.717, 1.165) is 12.1 Å². The van der Waals surface area contributed by atoms with Gasteiger partial charge in [-0.25, -0.2) is 0 Å². The van der Waals surface area contributed by atoms with Gasteiger partial charge in [0, 0.05) is 5.56 Å². The zero-order valence-electron chi connectivity index (χ0n) is 14.8. The van der Waals surface area contributed by atoms with Crippen LogP contribution in [0.3, 0.4) is 0 Å². The van der Waals surface area contributed by atoms with E-state index in [9.17, 15) is 0 Å². The molecule has 0 heterocycles. The molecule has 3 rings (SSSR count). The van der Waals surface area contributed by atoms with Gasteiger partial charge in [0.25, 0.3) is 0 Å². The summed E-state index contributed by atoms with van der Waals surface area (Å²) in [5.74, 6) is 6.51. The molecule has 0 unspecified atom stereocenters. The molecule has 0 aliphatic rings. The summed E-state index contributed by atoms with van der Waals surface area (Å²) in [4.78, 5) is 2.08. The van der Waals surface area contributed by atoms with Crippen molar-refractivity contribution in [2.75, 3.05) is 20.6 Å². The molecule has 0 aliphatic carbocycles. The third-order valence-electron chi connectivity index (χ3n) is 4.11. The topological polar surface area (TPSA) is 3.24 Å². The molecule has 1 nitrogen and oxygen atoms in total. The summed E-state index contributed by atoms with van der Waals surface area (Å²) >= 11 is 0. The molecule has 0 fully saturated rings. The second-order valence-corrected chi connectivity index (χ2v) is 6.42. The first-order valence-electron chi connectivity index (χ1n) is 8.57. The Morgan fingerprint density at radius 2 is 1.28 bits per heavy atom. The van der Waals surface area contributed by atoms with Crippen LogP contribution < -0.4 is 16.4 Å². The number of hydrogen-bond donors (Lipinski definition) is 0. The molecule has 122 valence electrons. The largest absolute Gasteiger partial charge is 0.299 e. The smallest absolute Gasteiger partial charge is 0.241 e. The van der Waals surface area contributed by atoms with Gasteiger partial charge in [-0.1, -0.05) is 107 Å². The predicted octanol–water partition coefficient (Wildman–Crippen LogP) is 2.12. The van der Waals surface area contributed by atoms with Gasteiger partial charge in [0.2, 0.25) is 6.71 Å². The van der Waals surface area contributed by atoms with Crippen LogP contribution in [0.4, 0.5) is 0 Å². The maximum Gasteiger partial charge on any atom is 0.241 e. The summed E-state index contributed by atoms with van der Waals surface area (Å²) in [6.45, 7) is 0.989. The summed E-state index contributed by atoms with van der Waals surface area (Å²) in [5, 5.41) is 0. The highest BCUT2D eigenvalue weighted by molar-refractivity contribution is 6.95. The van der Waals surface area contributed by atoms with Crippen molar-refractivity contribution < 1.29 is 0 Å². The van der Waals surface area contributed by atoms with Gasteiger partial charge in [-0.15, -0.1) is 0 Å². The second-order valence-electron chi connectivity index (χ2n) is 6.42. The van der Waals surface area contributed by atoms with Gasteiger partial charge in [0.15, 0.2) is 0 Å². The fraction of sp³-hybridized carbons (Fsp3) is 0.130. The predicted molar refractivity (Wildman–Crippen MR) is 109 cm³/mol. The molecule has 0 atom stereocenters. The van der Waals surface area contributed by atoms with Crippen LogP contribution in [-0.4, -0.2) is 32.3 Å². The highest BCUT2D eigenvalue weighted by Gasteiger charge is 2.21. The fourth-order valence-electron chi connectivity index (χ4n) is 2.96. The minimum absolute atomic E-state index is 0.220. The van der Waals surface area contributed by atoms with Crippen molar-refractivity contribution in [2.45, 2.75) is 0 Å². The molecule has 0 saturated heterocycles. The van der Waals surface area contributed by atoms with Crippen molar-refractivity contribution in [3.63, 3.8) is 0 Å². The van der Waals surface area contributed by atoms with E-state index in [2.05, 4.69) is 102 Å². The monoisotopic (exact) mass is 323 g/mol. The zero-order valence-corrected chi connectivity index (χ0v) is 14.8. The first kappa shape index (κ1) is 17.1. The van der Waals surface area contributed by atoms with Gasteiger partial charge >= 0.3 is 0 Å². The Labute approximate surface area is 151 Å². The molecule has 2 heteroatoms. The van der Waals surface area contributed by atoms with Gasteiger partial charge in [0.05, 0.1) is 6.54 Å². The van der Waals surface area contributed by atoms with Crippen LogP contribution >= 0.6 is 0 Å². The maximum absolute atomic E-state index is 3.28. The van der Waals surface area contributed by atoms with E-state index in [1.165, 1.54) is 16.4 Å². The Hall–Kier alpha value is -2.76. The first-order valence-corrected chi connectivity index (χ1v) is 8.57. The number of hydrogen-bond acceptors (Lipinski definition) is 1. The molecule has 0 saturated carbocycles. The van der Waals surface area contributed by atoms with E-state index in [1.54, 1.807) is 0 Å². The van der Waals surface area contributed by atoms with Crippen molar-refractivity contribution in [3.8, 4) is 11.8 Å². The lowest BCUT2D eigenvalue weighted by molar-refractivity contribution is 0.464. The van der Waals surface area contributed by atoms with E-state index in [4.69, 9.17) is 0 Å². The highest BCUT2D eigenvalue weighted by atomic mass is 15.0. The molecule has 25 heavy (non-hydrogen) atoms. The van der Waals surface area contributed by atoms with Crippen molar-refractivity contribution in [1.82, 2.24) is 4.90 Å². The van der Waals surface area contributed by atoms with Crippen LogP contribution in [0.2, 0.25) is 0 Å². The Morgan fingerprint density at radius 1 is 0.720 bits per heavy atom. The third kappa shape index (κ3) is 4.63. The summed E-state index contributed by atoms with van der Waals surface area (Å²) in [7, 11) is 4.07. The van der Waals surface area contributed by atoms with Gasteiger partial charge in [-0.3, -0.25) is 4.90 Å². The van der Waals surface area contributed by atoms with Crippen molar-refractivity contribution in [1.29, 1.82) is 0 Å². The quantitative estimate of drug-likeness (QED) is 0.525. The molecule has 0 aromatic heterocycles. The van der Waals surface area contributed by atoms with Gasteiger partial charge in [-0.05, 0) is 20.2 Å². The van der Waals surface area contributed by atoms with Gasteiger partial charge in [-0.2, -0.15) is 0 Å². The average Bonchev–Trinajstić information content (AvgIpc) is 2.64. The van der Waals surface area contributed by atoms with E-state index < -0.39 is 0 Å². The Morgan fingerprint density at radius 3 is 1.84 bits per heavy atom. The molecule has 0 aliphatic heterocycles. The van der Waals surface area contributed by atoms with E-state index in [-0.39, 0.29) is 6.71 Å². The molecular weight excluding hydrogens is 301 g/mol. The van der Waals surface area contributed by atoms with E-state index in [0.29, 0.717) is 0 Å². The fourth-order valence-corrected chi connectivity index (χ4v) is 2.96. The summed E-state index contributed by atoms with van der Waals surface area (Å²) in [5.41, 5.74) is 4.93. The van der Waals surface area contributed by atoms with Crippen molar-refractivity contribution in [2.24, 2.45) is 0 Å². The van der Waals surface area contributed by atoms with Gasteiger partial charge in [0.1, 0.15) is 0 Å². The Kier molecular flexibility index (Phi) is 5.72. The Bertz CT molecular complexity index is 821. The molecule has 0 radical (unpaired) electrons. The molecule has 3 aromatic carbocycles. The van der Waals surface area contributed by atoms with Crippen LogP contribution in [0.5, 0.6) is 0 Å². The van der Waals surface area contributed by atoms with Gasteiger partial charge < -0.3 is 0 Å². The summed E-state index contributed by atoms with van der Waals surface area (Å²) in [6, 6.07) is 29.9. The molecular formula is C23H22BN. The average molecular weight is 323 g/mol. The number of nitrogens with zero attached hydrogens (tertiary/aromatic N) is 1. The highest BCUT2D eigenvalue weighted by Crippen LogP contribution is 1.99. The van der Waals surface area contributed by atoms with Crippen LogP contribution in [0.25, 0.3) is 0 Å². The summed E-state index contributed by atoms with van der Waals surface area (Å²) in [6.07, 6.45) is 0. The minimum atomic E-state index is 0.220. The second kappa shape index (κ2) is 8.37. The van der Waals surface area contributed by atoms with E-state index in [1.807, 2.05) is 14.1 Å². The van der Waals surface area contributed by atoms with Crippen molar-refractivity contribution in [3.05, 3.63) is 90.5 Å². The van der Waals surface area contributed by atoms with Crippen molar-refractivity contribution >= 4 is 23.1 Å². The van der Waals surface area contributed by atoms with Crippen LogP contribution in [0.15, 0.2) is 84.9 Å². The lowest BCUT2D eigenvalue weighted by Gasteiger charge is -2.15. The third-order valence-corrected chi connectivity index (χ3v) is 4.11.